The van der Waals surface area contributed by atoms with Crippen LogP contribution in [0.1, 0.15) is 40.0 Å². The van der Waals surface area contributed by atoms with Crippen molar-refractivity contribution in [1.82, 2.24) is 9.88 Å². The van der Waals surface area contributed by atoms with Crippen LogP contribution in [0.4, 0.5) is 5.69 Å². The number of methoxy groups -OCH3 is 1. The number of hydrogen-bond donors (Lipinski definition) is 1. The monoisotopic (exact) mass is 329 g/mol. The summed E-state index contributed by atoms with van der Waals surface area (Å²) in [4.78, 5) is 7.09. The van der Waals surface area contributed by atoms with Crippen molar-refractivity contribution in [3.63, 3.8) is 0 Å². The second-order valence-electron chi connectivity index (χ2n) is 6.25. The van der Waals surface area contributed by atoms with Crippen molar-refractivity contribution in [3.8, 4) is 5.75 Å². The first kappa shape index (κ1) is 18.5. The third kappa shape index (κ3) is 4.84. The highest BCUT2D eigenvalue weighted by Gasteiger charge is 2.14. The molecule has 1 aromatic heterocycles. The first-order valence-electron chi connectivity index (χ1n) is 9.13. The van der Waals surface area contributed by atoms with Gasteiger partial charge in [-0.2, -0.15) is 0 Å². The van der Waals surface area contributed by atoms with E-state index in [2.05, 4.69) is 48.1 Å². The molecule has 0 spiro atoms. The number of rotatable bonds is 10. The van der Waals surface area contributed by atoms with Crippen molar-refractivity contribution >= 4 is 16.6 Å². The molecule has 1 aromatic carbocycles. The lowest BCUT2D eigenvalue weighted by atomic mass is 10.1. The first-order valence-corrected chi connectivity index (χ1v) is 9.13. The van der Waals surface area contributed by atoms with Crippen LogP contribution in [0.3, 0.4) is 0 Å². The number of benzene rings is 1. The van der Waals surface area contributed by atoms with Crippen LogP contribution in [0.25, 0.3) is 10.9 Å². The average Bonchev–Trinajstić information content (AvgIpc) is 2.63. The SMILES string of the molecule is CCCCN(CC)C[C@H](CC)Nc1cc(OC)cc2cccnc12. The van der Waals surface area contributed by atoms with E-state index in [1.807, 2.05) is 18.3 Å². The van der Waals surface area contributed by atoms with E-state index in [4.69, 9.17) is 4.74 Å². The lowest BCUT2D eigenvalue weighted by Gasteiger charge is -2.27. The zero-order valence-electron chi connectivity index (χ0n) is 15.5. The van der Waals surface area contributed by atoms with Gasteiger partial charge in [-0.25, -0.2) is 0 Å². The molecule has 2 rings (SSSR count). The Hall–Kier alpha value is -1.81. The van der Waals surface area contributed by atoms with Gasteiger partial charge in [-0.3, -0.25) is 4.98 Å². The molecule has 0 saturated carbocycles. The van der Waals surface area contributed by atoms with Gasteiger partial charge in [-0.05, 0) is 38.1 Å². The topological polar surface area (TPSA) is 37.4 Å². The molecule has 0 aliphatic heterocycles. The Balaban J connectivity index is 2.19. The number of ether oxygens (including phenoxy) is 1. The number of nitrogens with zero attached hydrogens (tertiary/aromatic N) is 2. The van der Waals surface area contributed by atoms with Gasteiger partial charge in [0.2, 0.25) is 0 Å². The van der Waals surface area contributed by atoms with Crippen molar-refractivity contribution in [3.05, 3.63) is 30.5 Å². The van der Waals surface area contributed by atoms with Crippen LogP contribution in [-0.4, -0.2) is 42.7 Å². The number of likely N-dealkylation sites (N-methyl/N-ethyl adjacent to an activating group) is 1. The van der Waals surface area contributed by atoms with Crippen LogP contribution >= 0.6 is 0 Å². The summed E-state index contributed by atoms with van der Waals surface area (Å²) in [5.41, 5.74) is 2.07. The normalized spacial score (nSPS) is 12.5. The molecule has 2 aromatic rings. The molecule has 0 fully saturated rings. The molecule has 0 bridgehead atoms. The van der Waals surface area contributed by atoms with Gasteiger partial charge >= 0.3 is 0 Å². The van der Waals surface area contributed by atoms with E-state index in [0.29, 0.717) is 6.04 Å². The van der Waals surface area contributed by atoms with Crippen molar-refractivity contribution < 1.29 is 4.74 Å². The molecule has 0 aliphatic rings. The molecule has 4 heteroatoms. The Kier molecular flexibility index (Phi) is 7.32. The average molecular weight is 329 g/mol. The molecular formula is C20H31N3O. The van der Waals surface area contributed by atoms with E-state index in [9.17, 15) is 0 Å². The molecule has 24 heavy (non-hydrogen) atoms. The van der Waals surface area contributed by atoms with Crippen molar-refractivity contribution in [1.29, 1.82) is 0 Å². The molecule has 0 saturated heterocycles. The summed E-state index contributed by atoms with van der Waals surface area (Å²) in [6.07, 6.45) is 5.42. The van der Waals surface area contributed by atoms with E-state index >= 15 is 0 Å². The summed E-state index contributed by atoms with van der Waals surface area (Å²) in [5.74, 6) is 0.867. The van der Waals surface area contributed by atoms with Crippen LogP contribution in [-0.2, 0) is 0 Å². The molecule has 4 nitrogen and oxygen atoms in total. The molecular weight excluding hydrogens is 298 g/mol. The Morgan fingerprint density at radius 1 is 1.25 bits per heavy atom. The fourth-order valence-corrected chi connectivity index (χ4v) is 2.96. The molecule has 0 unspecified atom stereocenters. The van der Waals surface area contributed by atoms with Crippen molar-refractivity contribution in [2.45, 2.75) is 46.1 Å². The minimum Gasteiger partial charge on any atom is -0.497 e. The number of hydrogen-bond acceptors (Lipinski definition) is 4. The van der Waals surface area contributed by atoms with Crippen LogP contribution in [0.15, 0.2) is 30.5 Å². The number of fused-ring (bicyclic) bond motifs is 1. The van der Waals surface area contributed by atoms with Gasteiger partial charge in [0, 0.05) is 30.2 Å². The van der Waals surface area contributed by atoms with Crippen molar-refractivity contribution in [2.24, 2.45) is 0 Å². The molecule has 0 amide bonds. The Bertz CT molecular complexity index is 629. The van der Waals surface area contributed by atoms with Gasteiger partial charge in [0.1, 0.15) is 5.75 Å². The number of pyridine rings is 1. The molecule has 1 N–H and O–H groups in total. The summed E-state index contributed by atoms with van der Waals surface area (Å²) < 4.78 is 5.46. The van der Waals surface area contributed by atoms with E-state index in [1.54, 1.807) is 7.11 Å². The zero-order valence-corrected chi connectivity index (χ0v) is 15.5. The Morgan fingerprint density at radius 3 is 2.75 bits per heavy atom. The second-order valence-corrected chi connectivity index (χ2v) is 6.25. The van der Waals surface area contributed by atoms with E-state index in [-0.39, 0.29) is 0 Å². The molecule has 132 valence electrons. The third-order valence-electron chi connectivity index (χ3n) is 4.52. The van der Waals surface area contributed by atoms with Gasteiger partial charge in [0.25, 0.3) is 0 Å². The summed E-state index contributed by atoms with van der Waals surface area (Å²) in [7, 11) is 1.71. The summed E-state index contributed by atoms with van der Waals surface area (Å²) >= 11 is 0. The largest absolute Gasteiger partial charge is 0.497 e. The highest BCUT2D eigenvalue weighted by atomic mass is 16.5. The zero-order chi connectivity index (χ0) is 17.4. The summed E-state index contributed by atoms with van der Waals surface area (Å²) in [6.45, 7) is 10.0. The maximum Gasteiger partial charge on any atom is 0.121 e. The number of anilines is 1. The molecule has 0 radical (unpaired) electrons. The third-order valence-corrected chi connectivity index (χ3v) is 4.52. The maximum atomic E-state index is 5.46. The highest BCUT2D eigenvalue weighted by molar-refractivity contribution is 5.91. The maximum absolute atomic E-state index is 5.46. The first-order chi connectivity index (χ1) is 11.7. The Morgan fingerprint density at radius 2 is 2.08 bits per heavy atom. The second kappa shape index (κ2) is 9.48. The minimum absolute atomic E-state index is 0.402. The number of unbranched alkanes of at least 4 members (excludes halogenated alkanes) is 1. The fourth-order valence-electron chi connectivity index (χ4n) is 2.96. The van der Waals surface area contributed by atoms with Crippen LogP contribution in [0.5, 0.6) is 5.75 Å². The lowest BCUT2D eigenvalue weighted by molar-refractivity contribution is 0.269. The number of nitrogens with one attached hydrogen (secondary N) is 1. The Labute approximate surface area is 146 Å². The lowest BCUT2D eigenvalue weighted by Crippen LogP contribution is -2.37. The summed E-state index contributed by atoms with van der Waals surface area (Å²) in [6, 6.07) is 8.54. The van der Waals surface area contributed by atoms with Gasteiger partial charge < -0.3 is 15.0 Å². The van der Waals surface area contributed by atoms with Crippen LogP contribution < -0.4 is 10.1 Å². The quantitative estimate of drug-likeness (QED) is 0.693. The molecule has 1 heterocycles. The fraction of sp³-hybridized carbons (Fsp3) is 0.550. The molecule has 1 atom stereocenters. The highest BCUT2D eigenvalue weighted by Crippen LogP contribution is 2.28. The standard InChI is InChI=1S/C20H31N3O/c1-5-8-12-23(7-3)15-17(6-2)22-19-14-18(24-4)13-16-10-9-11-21-20(16)19/h9-11,13-14,17,22H,5-8,12,15H2,1-4H3/t17-/m0/s1. The van der Waals surface area contributed by atoms with E-state index < -0.39 is 0 Å². The molecule has 0 aliphatic carbocycles. The summed E-state index contributed by atoms with van der Waals surface area (Å²) in [5, 5.41) is 4.81. The predicted molar refractivity (Wildman–Crippen MR) is 103 cm³/mol. The number of aromatic nitrogens is 1. The smallest absolute Gasteiger partial charge is 0.121 e. The van der Waals surface area contributed by atoms with Gasteiger partial charge in [-0.1, -0.05) is 33.3 Å². The van der Waals surface area contributed by atoms with Gasteiger partial charge in [-0.15, -0.1) is 0 Å². The van der Waals surface area contributed by atoms with Gasteiger partial charge in [0.05, 0.1) is 18.3 Å². The van der Waals surface area contributed by atoms with Crippen LogP contribution in [0.2, 0.25) is 0 Å². The van der Waals surface area contributed by atoms with E-state index in [1.165, 1.54) is 19.4 Å². The minimum atomic E-state index is 0.402. The van der Waals surface area contributed by atoms with E-state index in [0.717, 1.165) is 41.9 Å². The van der Waals surface area contributed by atoms with Gasteiger partial charge in [0.15, 0.2) is 0 Å². The van der Waals surface area contributed by atoms with Crippen LogP contribution in [0, 0.1) is 0 Å². The predicted octanol–water partition coefficient (Wildman–Crippen LogP) is 4.56. The van der Waals surface area contributed by atoms with Crippen molar-refractivity contribution in [2.75, 3.05) is 32.1 Å².